The quantitative estimate of drug-likeness (QED) is 0.369. The van der Waals surface area contributed by atoms with Crippen molar-refractivity contribution in [1.82, 2.24) is 10.2 Å². The van der Waals surface area contributed by atoms with E-state index in [-0.39, 0.29) is 36.9 Å². The maximum Gasteiger partial charge on any atom is 0.416 e. The second-order valence-electron chi connectivity index (χ2n) is 8.37. The number of carbonyl (C=O) groups is 2. The van der Waals surface area contributed by atoms with Crippen LogP contribution in [0.25, 0.3) is 0 Å². The molecule has 36 heavy (non-hydrogen) atoms. The Morgan fingerprint density at radius 2 is 1.89 bits per heavy atom. The Bertz CT molecular complexity index is 1190. The van der Waals surface area contributed by atoms with E-state index in [9.17, 15) is 32.3 Å². The molecule has 1 aliphatic rings. The first-order valence-electron chi connectivity index (χ1n) is 10.9. The molecule has 194 valence electrons. The standard InChI is InChI=1S/C24H23Cl2F4N3O3/c1-13(2-3-14-4-5-19(25)20(26)8-14)32-22(35)18-12-33(23(36)21(18)34)7-6-31-17-10-15(24(28,29)30)9-16(27)11-17/h4-5,8-11,13,31,34H,2-3,6-7,12H2,1H3,(H,32,35). The van der Waals surface area contributed by atoms with Crippen molar-refractivity contribution in [3.63, 3.8) is 0 Å². The predicted molar refractivity (Wildman–Crippen MR) is 129 cm³/mol. The lowest BCUT2D eigenvalue weighted by Crippen LogP contribution is -2.36. The molecule has 0 aromatic heterocycles. The van der Waals surface area contributed by atoms with Gasteiger partial charge in [-0.05, 0) is 55.7 Å². The zero-order valence-corrected chi connectivity index (χ0v) is 20.6. The van der Waals surface area contributed by atoms with Gasteiger partial charge in [0.15, 0.2) is 5.76 Å². The SMILES string of the molecule is CC(CCc1ccc(Cl)c(Cl)c1)NC(=O)C1=C(O)C(=O)N(CCNc2cc(F)cc(C(F)(F)F)c2)C1. The smallest absolute Gasteiger partial charge is 0.416 e. The van der Waals surface area contributed by atoms with Gasteiger partial charge in [0.05, 0.1) is 27.7 Å². The summed E-state index contributed by atoms with van der Waals surface area (Å²) >= 11 is 11.9. The number of aryl methyl sites for hydroxylation is 1. The number of amides is 2. The van der Waals surface area contributed by atoms with Crippen molar-refractivity contribution in [2.75, 3.05) is 25.0 Å². The first kappa shape index (κ1) is 27.6. The zero-order chi connectivity index (χ0) is 26.6. The molecule has 0 bridgehead atoms. The number of halogens is 6. The minimum Gasteiger partial charge on any atom is -0.503 e. The summed E-state index contributed by atoms with van der Waals surface area (Å²) in [4.78, 5) is 26.1. The second-order valence-corrected chi connectivity index (χ2v) is 9.18. The van der Waals surface area contributed by atoms with E-state index >= 15 is 0 Å². The van der Waals surface area contributed by atoms with Gasteiger partial charge in [0.2, 0.25) is 0 Å². The van der Waals surface area contributed by atoms with Crippen LogP contribution in [0.4, 0.5) is 23.2 Å². The maximum absolute atomic E-state index is 13.5. The largest absolute Gasteiger partial charge is 0.503 e. The molecule has 0 radical (unpaired) electrons. The highest BCUT2D eigenvalue weighted by Gasteiger charge is 2.34. The van der Waals surface area contributed by atoms with Gasteiger partial charge in [0.25, 0.3) is 11.8 Å². The number of carbonyl (C=O) groups excluding carboxylic acids is 2. The van der Waals surface area contributed by atoms with Gasteiger partial charge >= 0.3 is 6.18 Å². The first-order valence-corrected chi connectivity index (χ1v) is 11.7. The minimum absolute atomic E-state index is 0.0330. The fraction of sp³-hybridized carbons (Fsp3) is 0.333. The fourth-order valence-electron chi connectivity index (χ4n) is 3.63. The second kappa shape index (κ2) is 11.4. The van der Waals surface area contributed by atoms with Crippen LogP contribution in [-0.2, 0) is 22.2 Å². The van der Waals surface area contributed by atoms with E-state index < -0.39 is 35.1 Å². The topological polar surface area (TPSA) is 81.7 Å². The molecule has 6 nitrogen and oxygen atoms in total. The summed E-state index contributed by atoms with van der Waals surface area (Å²) in [5, 5.41) is 16.4. The van der Waals surface area contributed by atoms with Gasteiger partial charge in [-0.2, -0.15) is 13.2 Å². The van der Waals surface area contributed by atoms with E-state index in [1.54, 1.807) is 19.1 Å². The van der Waals surface area contributed by atoms with E-state index in [4.69, 9.17) is 23.2 Å². The van der Waals surface area contributed by atoms with Crippen LogP contribution in [-0.4, -0.2) is 47.5 Å². The fourth-order valence-corrected chi connectivity index (χ4v) is 3.95. The number of aliphatic hydroxyl groups excluding tert-OH is 1. The summed E-state index contributed by atoms with van der Waals surface area (Å²) in [6.45, 7) is 1.54. The van der Waals surface area contributed by atoms with Crippen molar-refractivity contribution in [1.29, 1.82) is 0 Å². The number of nitrogens with zero attached hydrogens (tertiary/aromatic N) is 1. The average Bonchev–Trinajstić information content (AvgIpc) is 3.08. The summed E-state index contributed by atoms with van der Waals surface area (Å²) < 4.78 is 52.1. The number of rotatable bonds is 9. The molecular weight excluding hydrogens is 525 g/mol. The summed E-state index contributed by atoms with van der Waals surface area (Å²) in [5.41, 5.74) is -0.428. The lowest BCUT2D eigenvalue weighted by molar-refractivity contribution is -0.137. The zero-order valence-electron chi connectivity index (χ0n) is 19.1. The van der Waals surface area contributed by atoms with Gasteiger partial charge in [-0.1, -0.05) is 29.3 Å². The third kappa shape index (κ3) is 7.04. The lowest BCUT2D eigenvalue weighted by Gasteiger charge is -2.18. The number of nitrogens with one attached hydrogen (secondary N) is 2. The summed E-state index contributed by atoms with van der Waals surface area (Å²) in [7, 11) is 0. The van der Waals surface area contributed by atoms with Crippen molar-refractivity contribution in [2.45, 2.75) is 32.0 Å². The summed E-state index contributed by atoms with van der Waals surface area (Å²) in [6.07, 6.45) is -3.54. The number of anilines is 1. The molecule has 1 atom stereocenters. The van der Waals surface area contributed by atoms with E-state index in [0.717, 1.165) is 17.7 Å². The Balaban J connectivity index is 1.51. The highest BCUT2D eigenvalue weighted by Crippen LogP contribution is 2.31. The predicted octanol–water partition coefficient (Wildman–Crippen LogP) is 5.36. The van der Waals surface area contributed by atoms with Gasteiger partial charge in [-0.3, -0.25) is 9.59 Å². The monoisotopic (exact) mass is 547 g/mol. The molecule has 1 unspecified atom stereocenters. The van der Waals surface area contributed by atoms with E-state index in [0.29, 0.717) is 29.0 Å². The van der Waals surface area contributed by atoms with E-state index in [2.05, 4.69) is 10.6 Å². The maximum atomic E-state index is 13.5. The molecule has 12 heteroatoms. The summed E-state index contributed by atoms with van der Waals surface area (Å²) in [6, 6.07) is 7.00. The Kier molecular flexibility index (Phi) is 8.73. The Hall–Kier alpha value is -2.98. The molecule has 0 aliphatic carbocycles. The van der Waals surface area contributed by atoms with Gasteiger partial charge in [0, 0.05) is 24.8 Å². The molecule has 1 heterocycles. The van der Waals surface area contributed by atoms with Crippen LogP contribution in [0.15, 0.2) is 47.7 Å². The van der Waals surface area contributed by atoms with Crippen LogP contribution in [0.2, 0.25) is 10.0 Å². The van der Waals surface area contributed by atoms with Gasteiger partial charge in [-0.15, -0.1) is 0 Å². The number of alkyl halides is 3. The Morgan fingerprint density at radius 3 is 2.56 bits per heavy atom. The van der Waals surface area contributed by atoms with Crippen molar-refractivity contribution in [3.05, 3.63) is 74.7 Å². The highest BCUT2D eigenvalue weighted by atomic mass is 35.5. The van der Waals surface area contributed by atoms with Crippen molar-refractivity contribution < 1.29 is 32.3 Å². The van der Waals surface area contributed by atoms with Crippen LogP contribution in [0, 0.1) is 5.82 Å². The van der Waals surface area contributed by atoms with E-state index in [1.165, 1.54) is 4.90 Å². The first-order chi connectivity index (χ1) is 16.8. The molecule has 0 saturated heterocycles. The van der Waals surface area contributed by atoms with Crippen LogP contribution in [0.5, 0.6) is 0 Å². The molecule has 2 aromatic rings. The Labute approximate surface area is 214 Å². The van der Waals surface area contributed by atoms with Gasteiger partial charge < -0.3 is 20.6 Å². The van der Waals surface area contributed by atoms with Crippen molar-refractivity contribution in [3.8, 4) is 0 Å². The Morgan fingerprint density at radius 1 is 1.17 bits per heavy atom. The molecule has 3 N–H and O–H groups in total. The molecule has 2 aromatic carbocycles. The van der Waals surface area contributed by atoms with Gasteiger partial charge in [0.1, 0.15) is 5.82 Å². The van der Waals surface area contributed by atoms with Crippen molar-refractivity contribution >= 4 is 40.7 Å². The average molecular weight is 548 g/mol. The minimum atomic E-state index is -4.71. The summed E-state index contributed by atoms with van der Waals surface area (Å²) in [5.74, 6) is -3.12. The lowest BCUT2D eigenvalue weighted by atomic mass is 10.1. The molecule has 0 spiro atoms. The number of hydrogen-bond acceptors (Lipinski definition) is 4. The molecule has 0 saturated carbocycles. The van der Waals surface area contributed by atoms with Crippen LogP contribution in [0.1, 0.15) is 24.5 Å². The number of benzene rings is 2. The highest BCUT2D eigenvalue weighted by molar-refractivity contribution is 6.42. The number of hydrogen-bond donors (Lipinski definition) is 3. The third-order valence-corrected chi connectivity index (χ3v) is 6.30. The van der Waals surface area contributed by atoms with Crippen LogP contribution < -0.4 is 10.6 Å². The van der Waals surface area contributed by atoms with Crippen LogP contribution >= 0.6 is 23.2 Å². The normalized spacial score (nSPS) is 14.9. The molecule has 3 rings (SSSR count). The van der Waals surface area contributed by atoms with Crippen LogP contribution in [0.3, 0.4) is 0 Å². The van der Waals surface area contributed by atoms with Gasteiger partial charge in [-0.25, -0.2) is 4.39 Å². The number of aliphatic hydroxyl groups is 1. The molecule has 2 amide bonds. The molecule has 0 fully saturated rings. The third-order valence-electron chi connectivity index (χ3n) is 5.56. The van der Waals surface area contributed by atoms with Crippen molar-refractivity contribution in [2.24, 2.45) is 0 Å². The van der Waals surface area contributed by atoms with E-state index in [1.807, 2.05) is 6.07 Å². The molecular formula is C24H23Cl2F4N3O3. The molecule has 1 aliphatic heterocycles.